The molecule has 1 nitrogen and oxygen atoms in total. The molecule has 0 atom stereocenters. The van der Waals surface area contributed by atoms with E-state index in [-0.39, 0.29) is 0 Å². The van der Waals surface area contributed by atoms with E-state index < -0.39 is 0 Å². The van der Waals surface area contributed by atoms with Crippen LogP contribution in [0.15, 0.2) is 0 Å². The predicted octanol–water partition coefficient (Wildman–Crippen LogP) is 2.91. The third kappa shape index (κ3) is 5.25. The van der Waals surface area contributed by atoms with E-state index in [2.05, 4.69) is 32.6 Å². The number of rotatable bonds is 6. The molecule has 0 aliphatic rings. The molecular formula is C10H23N. The Kier molecular flexibility index (Phi) is 6.63. The standard InChI is InChI=1S/C10H23N/c1-5-7-9-11(8-6-2)10(3)4/h10H,5-9H2,1-4H3. The van der Waals surface area contributed by atoms with Crippen LogP contribution in [-0.2, 0) is 0 Å². The Balaban J connectivity index is 3.51. The number of nitrogens with zero attached hydrogens (tertiary/aromatic N) is 1. The van der Waals surface area contributed by atoms with Gasteiger partial charge in [-0.2, -0.15) is 0 Å². The van der Waals surface area contributed by atoms with Crippen LogP contribution < -0.4 is 0 Å². The second-order valence-corrected chi connectivity index (χ2v) is 3.48. The Hall–Kier alpha value is -0.0400. The van der Waals surface area contributed by atoms with Gasteiger partial charge in [0, 0.05) is 6.04 Å². The molecule has 11 heavy (non-hydrogen) atoms. The van der Waals surface area contributed by atoms with Crippen LogP contribution in [0, 0.1) is 0 Å². The van der Waals surface area contributed by atoms with Crippen molar-refractivity contribution >= 4 is 0 Å². The molecule has 0 radical (unpaired) electrons. The van der Waals surface area contributed by atoms with E-state index in [4.69, 9.17) is 0 Å². The average Bonchev–Trinajstić information content (AvgIpc) is 1.97. The summed E-state index contributed by atoms with van der Waals surface area (Å²) in [6, 6.07) is 0.724. The van der Waals surface area contributed by atoms with Crippen LogP contribution in [0.1, 0.15) is 47.0 Å². The van der Waals surface area contributed by atoms with Gasteiger partial charge in [-0.25, -0.2) is 0 Å². The van der Waals surface area contributed by atoms with Crippen molar-refractivity contribution in [2.24, 2.45) is 0 Å². The minimum atomic E-state index is 0.724. The van der Waals surface area contributed by atoms with Crippen LogP contribution in [0.2, 0.25) is 0 Å². The summed E-state index contributed by atoms with van der Waals surface area (Å²) in [5, 5.41) is 0. The zero-order valence-electron chi connectivity index (χ0n) is 8.56. The van der Waals surface area contributed by atoms with Crippen molar-refractivity contribution in [2.75, 3.05) is 13.1 Å². The molecule has 1 heteroatoms. The van der Waals surface area contributed by atoms with E-state index in [1.54, 1.807) is 0 Å². The predicted molar refractivity (Wildman–Crippen MR) is 51.9 cm³/mol. The van der Waals surface area contributed by atoms with Gasteiger partial charge in [0.2, 0.25) is 0 Å². The fourth-order valence-electron chi connectivity index (χ4n) is 1.28. The van der Waals surface area contributed by atoms with Gasteiger partial charge in [0.25, 0.3) is 0 Å². The highest BCUT2D eigenvalue weighted by Gasteiger charge is 2.05. The summed E-state index contributed by atoms with van der Waals surface area (Å²) in [5.74, 6) is 0. The molecule has 0 aliphatic carbocycles. The minimum Gasteiger partial charge on any atom is -0.301 e. The van der Waals surface area contributed by atoms with E-state index >= 15 is 0 Å². The lowest BCUT2D eigenvalue weighted by molar-refractivity contribution is 0.219. The largest absolute Gasteiger partial charge is 0.301 e. The first-order valence-corrected chi connectivity index (χ1v) is 4.96. The van der Waals surface area contributed by atoms with E-state index in [0.29, 0.717) is 0 Å². The molecule has 0 aromatic carbocycles. The first kappa shape index (κ1) is 11.0. The van der Waals surface area contributed by atoms with Gasteiger partial charge in [-0.05, 0) is 39.8 Å². The number of unbranched alkanes of at least 4 members (excludes halogenated alkanes) is 1. The van der Waals surface area contributed by atoms with Crippen LogP contribution in [0.5, 0.6) is 0 Å². The third-order valence-electron chi connectivity index (χ3n) is 2.04. The maximum absolute atomic E-state index is 2.56. The summed E-state index contributed by atoms with van der Waals surface area (Å²) in [4.78, 5) is 2.56. The lowest BCUT2D eigenvalue weighted by Gasteiger charge is -2.25. The van der Waals surface area contributed by atoms with E-state index in [1.165, 1.54) is 32.4 Å². The van der Waals surface area contributed by atoms with Crippen molar-refractivity contribution in [2.45, 2.75) is 53.0 Å². The molecule has 0 unspecified atom stereocenters. The molecule has 0 amide bonds. The van der Waals surface area contributed by atoms with Crippen LogP contribution in [0.25, 0.3) is 0 Å². The Morgan fingerprint density at radius 1 is 1.00 bits per heavy atom. The molecule has 0 saturated heterocycles. The maximum atomic E-state index is 2.56. The highest BCUT2D eigenvalue weighted by Crippen LogP contribution is 2.01. The highest BCUT2D eigenvalue weighted by atomic mass is 15.1. The molecular weight excluding hydrogens is 134 g/mol. The topological polar surface area (TPSA) is 3.24 Å². The molecule has 0 spiro atoms. The van der Waals surface area contributed by atoms with Crippen molar-refractivity contribution in [3.63, 3.8) is 0 Å². The lowest BCUT2D eigenvalue weighted by atomic mass is 10.2. The SMILES string of the molecule is CCCCN(CCC)C(C)C. The van der Waals surface area contributed by atoms with Gasteiger partial charge in [-0.15, -0.1) is 0 Å². The van der Waals surface area contributed by atoms with E-state index in [9.17, 15) is 0 Å². The first-order valence-electron chi connectivity index (χ1n) is 4.96. The normalized spacial score (nSPS) is 11.5. The fraction of sp³-hybridized carbons (Fsp3) is 1.00. The van der Waals surface area contributed by atoms with Gasteiger partial charge < -0.3 is 4.90 Å². The Bertz CT molecular complexity index is 78.9. The molecule has 0 aromatic heterocycles. The molecule has 68 valence electrons. The van der Waals surface area contributed by atoms with Gasteiger partial charge in [0.05, 0.1) is 0 Å². The molecule has 0 heterocycles. The van der Waals surface area contributed by atoms with E-state index in [1.807, 2.05) is 0 Å². The van der Waals surface area contributed by atoms with Crippen LogP contribution in [-0.4, -0.2) is 24.0 Å². The number of hydrogen-bond donors (Lipinski definition) is 0. The second kappa shape index (κ2) is 6.66. The van der Waals surface area contributed by atoms with Gasteiger partial charge in [0.15, 0.2) is 0 Å². The summed E-state index contributed by atoms with van der Waals surface area (Å²) in [5.41, 5.74) is 0. The zero-order valence-corrected chi connectivity index (χ0v) is 8.56. The first-order chi connectivity index (χ1) is 5.22. The summed E-state index contributed by atoms with van der Waals surface area (Å²) in [6.07, 6.45) is 3.94. The molecule has 0 fully saturated rings. The smallest absolute Gasteiger partial charge is 0.00385 e. The lowest BCUT2D eigenvalue weighted by Crippen LogP contribution is -2.32. The Labute approximate surface area is 71.8 Å². The summed E-state index contributed by atoms with van der Waals surface area (Å²) in [7, 11) is 0. The Morgan fingerprint density at radius 3 is 2.00 bits per heavy atom. The summed E-state index contributed by atoms with van der Waals surface area (Å²) < 4.78 is 0. The summed E-state index contributed by atoms with van der Waals surface area (Å²) >= 11 is 0. The minimum absolute atomic E-state index is 0.724. The highest BCUT2D eigenvalue weighted by molar-refractivity contribution is 4.61. The second-order valence-electron chi connectivity index (χ2n) is 3.48. The maximum Gasteiger partial charge on any atom is 0.00385 e. The van der Waals surface area contributed by atoms with Crippen molar-refractivity contribution in [1.29, 1.82) is 0 Å². The van der Waals surface area contributed by atoms with Gasteiger partial charge >= 0.3 is 0 Å². The van der Waals surface area contributed by atoms with Crippen LogP contribution in [0.3, 0.4) is 0 Å². The fourth-order valence-corrected chi connectivity index (χ4v) is 1.28. The quantitative estimate of drug-likeness (QED) is 0.573. The van der Waals surface area contributed by atoms with Crippen LogP contribution in [0.4, 0.5) is 0 Å². The molecule has 0 aliphatic heterocycles. The van der Waals surface area contributed by atoms with Crippen LogP contribution >= 0.6 is 0 Å². The van der Waals surface area contributed by atoms with Crippen molar-refractivity contribution < 1.29 is 0 Å². The molecule has 0 aromatic rings. The van der Waals surface area contributed by atoms with Gasteiger partial charge in [-0.3, -0.25) is 0 Å². The average molecular weight is 157 g/mol. The van der Waals surface area contributed by atoms with Gasteiger partial charge in [-0.1, -0.05) is 20.3 Å². The van der Waals surface area contributed by atoms with E-state index in [0.717, 1.165) is 6.04 Å². The van der Waals surface area contributed by atoms with Crippen molar-refractivity contribution in [3.05, 3.63) is 0 Å². The molecule has 0 saturated carbocycles. The zero-order chi connectivity index (χ0) is 8.69. The van der Waals surface area contributed by atoms with Crippen molar-refractivity contribution in [1.82, 2.24) is 4.90 Å². The third-order valence-corrected chi connectivity index (χ3v) is 2.04. The molecule has 0 N–H and O–H groups in total. The molecule has 0 rings (SSSR count). The summed E-state index contributed by atoms with van der Waals surface area (Å²) in [6.45, 7) is 11.6. The Morgan fingerprint density at radius 2 is 1.64 bits per heavy atom. The van der Waals surface area contributed by atoms with Gasteiger partial charge in [0.1, 0.15) is 0 Å². The van der Waals surface area contributed by atoms with Crippen molar-refractivity contribution in [3.8, 4) is 0 Å². The monoisotopic (exact) mass is 157 g/mol. The number of hydrogen-bond acceptors (Lipinski definition) is 1. The molecule has 0 bridgehead atoms.